The van der Waals surface area contributed by atoms with Gasteiger partial charge in [-0.1, -0.05) is 96.1 Å². The Labute approximate surface area is 223 Å². The van der Waals surface area contributed by atoms with Crippen LogP contribution in [0.4, 0.5) is 0 Å². The van der Waals surface area contributed by atoms with E-state index in [1.54, 1.807) is 0 Å². The lowest BCUT2D eigenvalue weighted by Gasteiger charge is -2.43. The average Bonchev–Trinajstić information content (AvgIpc) is 3.28. The number of aromatic amines is 1. The molecule has 0 spiro atoms. The lowest BCUT2D eigenvalue weighted by molar-refractivity contribution is -0.0897. The number of rotatable bonds is 7. The predicted octanol–water partition coefficient (Wildman–Crippen LogP) is 3.18. The minimum Gasteiger partial charge on any atom is -0.389 e. The van der Waals surface area contributed by atoms with Gasteiger partial charge in [-0.25, -0.2) is 4.79 Å². The van der Waals surface area contributed by atoms with Crippen molar-refractivity contribution in [3.8, 4) is 0 Å². The summed E-state index contributed by atoms with van der Waals surface area (Å²) in [7, 11) is 0. The molecule has 3 N–H and O–H groups in total. The van der Waals surface area contributed by atoms with Gasteiger partial charge >= 0.3 is 5.69 Å². The van der Waals surface area contributed by atoms with Crippen molar-refractivity contribution < 1.29 is 14.9 Å². The highest BCUT2D eigenvalue weighted by molar-refractivity contribution is 5.52. The Balaban J connectivity index is 1.73. The maximum Gasteiger partial charge on any atom is 0.330 e. The van der Waals surface area contributed by atoms with Crippen LogP contribution in [0.1, 0.15) is 28.5 Å². The van der Waals surface area contributed by atoms with E-state index in [-0.39, 0.29) is 5.56 Å². The van der Waals surface area contributed by atoms with Crippen LogP contribution in [0.3, 0.4) is 0 Å². The van der Waals surface area contributed by atoms with Gasteiger partial charge in [0.25, 0.3) is 5.56 Å². The maximum atomic E-state index is 12.7. The molecule has 1 aliphatic heterocycles. The SMILES string of the molecule is Cc1cn(C2O[C@H](C(O)C(c3ccccc3)(c3ccccc3)c3ccccc3)[C@@H](N=[N+]=[N-])[C@@H]2O)c(=O)[nH]c1=O. The second-order valence-electron chi connectivity index (χ2n) is 9.51. The Kier molecular flexibility index (Phi) is 7.19. The quantitative estimate of drug-likeness (QED) is 0.146. The normalized spacial score (nSPS) is 21.7. The molecule has 1 aliphatic rings. The van der Waals surface area contributed by atoms with E-state index >= 15 is 0 Å². The van der Waals surface area contributed by atoms with Crippen molar-refractivity contribution in [3.63, 3.8) is 0 Å². The summed E-state index contributed by atoms with van der Waals surface area (Å²) in [5.41, 5.74) is 9.25. The van der Waals surface area contributed by atoms with Gasteiger partial charge in [0.2, 0.25) is 0 Å². The molecular weight excluding hydrogens is 498 g/mol. The molecule has 0 saturated carbocycles. The van der Waals surface area contributed by atoms with E-state index in [4.69, 9.17) is 4.74 Å². The molecule has 10 nitrogen and oxygen atoms in total. The molecule has 2 unspecified atom stereocenters. The van der Waals surface area contributed by atoms with Gasteiger partial charge in [-0.05, 0) is 29.1 Å². The Bertz CT molecular complexity index is 1500. The van der Waals surface area contributed by atoms with Gasteiger partial charge in [0.1, 0.15) is 6.10 Å². The Morgan fingerprint density at radius 2 is 1.44 bits per heavy atom. The monoisotopic (exact) mass is 525 g/mol. The third-order valence-corrected chi connectivity index (χ3v) is 7.32. The molecule has 39 heavy (non-hydrogen) atoms. The van der Waals surface area contributed by atoms with E-state index in [0.29, 0.717) is 0 Å². The zero-order valence-corrected chi connectivity index (χ0v) is 21.0. The smallest absolute Gasteiger partial charge is 0.330 e. The number of nitrogens with one attached hydrogen (secondary N) is 1. The van der Waals surface area contributed by atoms with E-state index < -0.39 is 47.2 Å². The van der Waals surface area contributed by atoms with Crippen LogP contribution in [0.15, 0.2) is 112 Å². The largest absolute Gasteiger partial charge is 0.389 e. The number of aliphatic hydroxyl groups is 2. The molecule has 5 rings (SSSR count). The maximum absolute atomic E-state index is 12.7. The molecule has 4 aromatic rings. The highest BCUT2D eigenvalue weighted by Gasteiger charge is 2.55. The number of hydrogen-bond donors (Lipinski definition) is 3. The molecule has 10 heteroatoms. The molecule has 0 radical (unpaired) electrons. The highest BCUT2D eigenvalue weighted by atomic mass is 16.5. The topological polar surface area (TPSA) is 153 Å². The van der Waals surface area contributed by atoms with E-state index in [2.05, 4.69) is 15.0 Å². The molecule has 3 aromatic carbocycles. The highest BCUT2D eigenvalue weighted by Crippen LogP contribution is 2.47. The van der Waals surface area contributed by atoms with Crippen LogP contribution in [-0.2, 0) is 10.2 Å². The summed E-state index contributed by atoms with van der Waals surface area (Å²) < 4.78 is 7.25. The number of azide groups is 1. The number of H-pyrrole nitrogens is 1. The second kappa shape index (κ2) is 10.7. The minimum atomic E-state index is -1.50. The summed E-state index contributed by atoms with van der Waals surface area (Å²) in [5, 5.41) is 27.5. The predicted molar refractivity (Wildman–Crippen MR) is 144 cm³/mol. The number of ether oxygens (including phenoxy) is 1. The van der Waals surface area contributed by atoms with Gasteiger partial charge in [0.15, 0.2) is 6.23 Å². The molecule has 2 heterocycles. The van der Waals surface area contributed by atoms with Crippen molar-refractivity contribution in [1.82, 2.24) is 9.55 Å². The van der Waals surface area contributed by atoms with Gasteiger partial charge < -0.3 is 14.9 Å². The van der Waals surface area contributed by atoms with Gasteiger partial charge in [0, 0.05) is 16.7 Å². The molecule has 0 amide bonds. The van der Waals surface area contributed by atoms with Gasteiger partial charge in [-0.2, -0.15) is 0 Å². The lowest BCUT2D eigenvalue weighted by Crippen LogP contribution is -2.52. The van der Waals surface area contributed by atoms with Crippen molar-refractivity contribution in [2.75, 3.05) is 0 Å². The first-order valence-corrected chi connectivity index (χ1v) is 12.4. The molecule has 1 fully saturated rings. The molecule has 0 bridgehead atoms. The molecule has 5 atom stereocenters. The summed E-state index contributed by atoms with van der Waals surface area (Å²) >= 11 is 0. The van der Waals surface area contributed by atoms with E-state index in [1.807, 2.05) is 91.0 Å². The van der Waals surface area contributed by atoms with Gasteiger partial charge in [0.05, 0.1) is 23.7 Å². The van der Waals surface area contributed by atoms with Crippen LogP contribution in [-0.4, -0.2) is 44.1 Å². The second-order valence-corrected chi connectivity index (χ2v) is 9.51. The first-order valence-electron chi connectivity index (χ1n) is 12.4. The first kappa shape index (κ1) is 26.1. The van der Waals surface area contributed by atoms with Crippen molar-refractivity contribution in [2.45, 2.75) is 42.9 Å². The lowest BCUT2D eigenvalue weighted by atomic mass is 9.64. The fourth-order valence-corrected chi connectivity index (χ4v) is 5.51. The van der Waals surface area contributed by atoms with Crippen LogP contribution >= 0.6 is 0 Å². The minimum absolute atomic E-state index is 0.224. The van der Waals surface area contributed by atoms with E-state index in [0.717, 1.165) is 21.3 Å². The van der Waals surface area contributed by atoms with Gasteiger partial charge in [-0.3, -0.25) is 14.3 Å². The molecule has 1 saturated heterocycles. The van der Waals surface area contributed by atoms with Crippen LogP contribution in [0.25, 0.3) is 10.4 Å². The van der Waals surface area contributed by atoms with Crippen LogP contribution in [0, 0.1) is 6.92 Å². The fraction of sp³-hybridized carbons (Fsp3) is 0.241. The van der Waals surface area contributed by atoms with Crippen molar-refractivity contribution in [1.29, 1.82) is 0 Å². The van der Waals surface area contributed by atoms with Crippen LogP contribution in [0.2, 0.25) is 0 Å². The van der Waals surface area contributed by atoms with Crippen molar-refractivity contribution >= 4 is 0 Å². The van der Waals surface area contributed by atoms with Crippen molar-refractivity contribution in [3.05, 3.63) is 151 Å². The number of benzene rings is 3. The summed E-state index contributed by atoms with van der Waals surface area (Å²) in [6, 6.07) is 26.9. The first-order chi connectivity index (χ1) is 18.9. The van der Waals surface area contributed by atoms with Crippen LogP contribution in [0.5, 0.6) is 0 Å². The Morgan fingerprint density at radius 3 is 1.90 bits per heavy atom. The molecular formula is C29H27N5O5. The summed E-state index contributed by atoms with van der Waals surface area (Å²) in [6.07, 6.45) is -4.21. The molecule has 1 aromatic heterocycles. The number of aliphatic hydroxyl groups excluding tert-OH is 2. The Morgan fingerprint density at radius 1 is 0.949 bits per heavy atom. The number of nitrogens with zero attached hydrogens (tertiary/aromatic N) is 4. The molecule has 198 valence electrons. The Hall–Kier alpha value is -4.47. The van der Waals surface area contributed by atoms with E-state index in [1.165, 1.54) is 13.1 Å². The third kappa shape index (κ3) is 4.45. The number of aryl methyl sites for hydroxylation is 1. The summed E-state index contributed by atoms with van der Waals surface area (Å²) in [5.74, 6) is 0. The zero-order valence-electron chi connectivity index (χ0n) is 21.0. The molecule has 0 aliphatic carbocycles. The summed E-state index contributed by atoms with van der Waals surface area (Å²) in [6.45, 7) is 1.51. The van der Waals surface area contributed by atoms with E-state index in [9.17, 15) is 25.3 Å². The van der Waals surface area contributed by atoms with Gasteiger partial charge in [-0.15, -0.1) is 0 Å². The van der Waals surface area contributed by atoms with Crippen LogP contribution < -0.4 is 11.2 Å². The summed E-state index contributed by atoms with van der Waals surface area (Å²) in [4.78, 5) is 29.7. The third-order valence-electron chi connectivity index (χ3n) is 7.32. The fourth-order valence-electron chi connectivity index (χ4n) is 5.51. The standard InChI is InChI=1S/C29H27N5O5/c1-18-17-34(28(38)31-26(18)37)27-23(35)22(32-33-30)24(39-27)25(36)29(19-11-5-2-6-12-19,20-13-7-3-8-14-20)21-15-9-4-10-16-21/h2-17,22-25,27,35-36H,1H3,(H,31,37,38)/t22-,23-,24-,25?,27?/m0/s1. The average molecular weight is 526 g/mol. The number of aromatic nitrogens is 2. The van der Waals surface area contributed by atoms with Crippen molar-refractivity contribution in [2.24, 2.45) is 5.11 Å². The zero-order chi connectivity index (χ0) is 27.6. The number of hydrogen-bond acceptors (Lipinski definition) is 6.